The van der Waals surface area contributed by atoms with Crippen molar-refractivity contribution in [2.75, 3.05) is 19.1 Å². The van der Waals surface area contributed by atoms with Gasteiger partial charge in [0.1, 0.15) is 6.29 Å². The van der Waals surface area contributed by atoms with E-state index < -0.39 is 0 Å². The number of hydrogen-bond donors (Lipinski definition) is 0. The van der Waals surface area contributed by atoms with E-state index in [1.54, 1.807) is 0 Å². The van der Waals surface area contributed by atoms with Gasteiger partial charge in [-0.1, -0.05) is 0 Å². The van der Waals surface area contributed by atoms with Gasteiger partial charge in [0.25, 0.3) is 0 Å². The van der Waals surface area contributed by atoms with Crippen LogP contribution in [0.15, 0.2) is 0 Å². The minimum absolute atomic E-state index is 0.278. The zero-order valence-corrected chi connectivity index (χ0v) is 6.56. The first kappa shape index (κ1) is 8.02. The Hall–Kier alpha value is -0.0800. The summed E-state index contributed by atoms with van der Waals surface area (Å²) in [5.74, 6) is 0.430. The predicted octanol–water partition coefficient (Wildman–Crippen LogP) is 1.22. The van der Waals surface area contributed by atoms with Crippen molar-refractivity contribution in [3.63, 3.8) is 0 Å². The lowest BCUT2D eigenvalue weighted by molar-refractivity contribution is -0.119. The Kier molecular flexibility index (Phi) is 2.69. The molecule has 0 spiro atoms. The lowest BCUT2D eigenvalue weighted by Crippen LogP contribution is -2.32. The molecule has 1 fully saturated rings. The molecule has 0 radical (unpaired) electrons. The third-order valence-electron chi connectivity index (χ3n) is 2.00. The summed E-state index contributed by atoms with van der Waals surface area (Å²) in [5, 5.41) is 0. The summed E-state index contributed by atoms with van der Waals surface area (Å²) in [6.45, 7) is 1.34. The van der Waals surface area contributed by atoms with E-state index in [9.17, 15) is 4.79 Å². The summed E-state index contributed by atoms with van der Waals surface area (Å²) < 4.78 is 5.11. The van der Waals surface area contributed by atoms with Gasteiger partial charge in [-0.3, -0.25) is 0 Å². The highest BCUT2D eigenvalue weighted by Gasteiger charge is 2.30. The molecule has 1 aliphatic rings. The third kappa shape index (κ3) is 1.50. The first-order chi connectivity index (χ1) is 4.83. The fourth-order valence-corrected chi connectivity index (χ4v) is 1.39. The average molecular weight is 163 g/mol. The molecule has 1 heterocycles. The molecule has 0 amide bonds. The molecular weight excluding hydrogens is 152 g/mol. The van der Waals surface area contributed by atoms with Crippen LogP contribution in [0.1, 0.15) is 12.8 Å². The highest BCUT2D eigenvalue weighted by molar-refractivity contribution is 6.19. The van der Waals surface area contributed by atoms with Crippen LogP contribution in [-0.4, -0.2) is 25.4 Å². The molecule has 0 aromatic heterocycles. The van der Waals surface area contributed by atoms with Crippen LogP contribution < -0.4 is 0 Å². The van der Waals surface area contributed by atoms with Crippen molar-refractivity contribution >= 4 is 17.9 Å². The molecule has 1 aliphatic heterocycles. The zero-order chi connectivity index (χ0) is 7.45. The molecule has 0 aromatic carbocycles. The van der Waals surface area contributed by atoms with E-state index in [4.69, 9.17) is 16.3 Å². The van der Waals surface area contributed by atoms with Crippen molar-refractivity contribution in [3.05, 3.63) is 0 Å². The maximum Gasteiger partial charge on any atom is 0.127 e. The largest absolute Gasteiger partial charge is 0.381 e. The van der Waals surface area contributed by atoms with Crippen LogP contribution in [0.2, 0.25) is 0 Å². The lowest BCUT2D eigenvalue weighted by atomic mass is 9.84. The second kappa shape index (κ2) is 3.35. The van der Waals surface area contributed by atoms with Gasteiger partial charge in [-0.15, -0.1) is 11.6 Å². The van der Waals surface area contributed by atoms with Gasteiger partial charge in [-0.05, 0) is 12.8 Å². The fourth-order valence-electron chi connectivity index (χ4n) is 1.06. The number of aldehydes is 1. The molecule has 1 rings (SSSR count). The monoisotopic (exact) mass is 162 g/mol. The van der Waals surface area contributed by atoms with Crippen molar-refractivity contribution in [1.82, 2.24) is 0 Å². The number of halogens is 1. The number of rotatable bonds is 2. The Balaban J connectivity index is 2.52. The summed E-state index contributed by atoms with van der Waals surface area (Å²) >= 11 is 5.65. The number of ether oxygens (including phenoxy) is 1. The lowest BCUT2D eigenvalue weighted by Gasteiger charge is -2.29. The topological polar surface area (TPSA) is 26.3 Å². The SMILES string of the molecule is O=CC1(CCl)CCOCC1. The fraction of sp³-hybridized carbons (Fsp3) is 0.857. The van der Waals surface area contributed by atoms with E-state index in [2.05, 4.69) is 0 Å². The minimum Gasteiger partial charge on any atom is -0.381 e. The molecule has 0 aromatic rings. The maximum absolute atomic E-state index is 10.6. The van der Waals surface area contributed by atoms with Crippen LogP contribution in [0.25, 0.3) is 0 Å². The molecule has 1 saturated heterocycles. The molecular formula is C7H11ClO2. The van der Waals surface area contributed by atoms with Crippen LogP contribution in [0.5, 0.6) is 0 Å². The highest BCUT2D eigenvalue weighted by Crippen LogP contribution is 2.28. The molecule has 0 bridgehead atoms. The van der Waals surface area contributed by atoms with E-state index >= 15 is 0 Å². The second-order valence-electron chi connectivity index (χ2n) is 2.73. The first-order valence-corrected chi connectivity index (χ1v) is 3.96. The van der Waals surface area contributed by atoms with Crippen molar-refractivity contribution in [2.45, 2.75) is 12.8 Å². The van der Waals surface area contributed by atoms with Gasteiger partial charge in [0.15, 0.2) is 0 Å². The van der Waals surface area contributed by atoms with Crippen LogP contribution in [0.3, 0.4) is 0 Å². The minimum atomic E-state index is -0.278. The molecule has 58 valence electrons. The normalized spacial score (nSPS) is 24.1. The molecule has 3 heteroatoms. The van der Waals surface area contributed by atoms with Crippen LogP contribution in [0, 0.1) is 5.41 Å². The van der Waals surface area contributed by atoms with Crippen LogP contribution >= 0.6 is 11.6 Å². The van der Waals surface area contributed by atoms with Crippen molar-refractivity contribution in [3.8, 4) is 0 Å². The van der Waals surface area contributed by atoms with Gasteiger partial charge in [-0.2, -0.15) is 0 Å². The molecule has 2 nitrogen and oxygen atoms in total. The predicted molar refractivity (Wildman–Crippen MR) is 39.3 cm³/mol. The quantitative estimate of drug-likeness (QED) is 0.451. The summed E-state index contributed by atoms with van der Waals surface area (Å²) in [6, 6.07) is 0. The number of carbonyl (C=O) groups excluding carboxylic acids is 1. The second-order valence-corrected chi connectivity index (χ2v) is 2.99. The van der Waals surface area contributed by atoms with Gasteiger partial charge in [0, 0.05) is 24.5 Å². The maximum atomic E-state index is 10.6. The van der Waals surface area contributed by atoms with Gasteiger partial charge in [0.2, 0.25) is 0 Å². The van der Waals surface area contributed by atoms with E-state index in [1.807, 2.05) is 0 Å². The Morgan fingerprint density at radius 1 is 1.50 bits per heavy atom. The van der Waals surface area contributed by atoms with Crippen molar-refractivity contribution in [1.29, 1.82) is 0 Å². The summed E-state index contributed by atoms with van der Waals surface area (Å²) in [4.78, 5) is 10.6. The smallest absolute Gasteiger partial charge is 0.127 e. The van der Waals surface area contributed by atoms with Gasteiger partial charge in [-0.25, -0.2) is 0 Å². The number of hydrogen-bond acceptors (Lipinski definition) is 2. The molecule has 0 unspecified atom stereocenters. The van der Waals surface area contributed by atoms with Gasteiger partial charge < -0.3 is 9.53 Å². The Morgan fingerprint density at radius 2 is 2.10 bits per heavy atom. The highest BCUT2D eigenvalue weighted by atomic mass is 35.5. The third-order valence-corrected chi connectivity index (χ3v) is 2.54. The first-order valence-electron chi connectivity index (χ1n) is 3.43. The summed E-state index contributed by atoms with van der Waals surface area (Å²) in [5.41, 5.74) is -0.278. The van der Waals surface area contributed by atoms with Crippen molar-refractivity contribution < 1.29 is 9.53 Å². The van der Waals surface area contributed by atoms with Crippen molar-refractivity contribution in [2.24, 2.45) is 5.41 Å². The average Bonchev–Trinajstić information content (AvgIpc) is 2.06. The number of carbonyl (C=O) groups is 1. The van der Waals surface area contributed by atoms with E-state index in [0.29, 0.717) is 19.1 Å². The van der Waals surface area contributed by atoms with E-state index in [-0.39, 0.29) is 5.41 Å². The molecule has 0 saturated carbocycles. The zero-order valence-electron chi connectivity index (χ0n) is 5.81. The van der Waals surface area contributed by atoms with Crippen LogP contribution in [-0.2, 0) is 9.53 Å². The molecule has 0 atom stereocenters. The van der Waals surface area contributed by atoms with Gasteiger partial charge in [0.05, 0.1) is 0 Å². The Labute approximate surface area is 65.5 Å². The summed E-state index contributed by atoms with van der Waals surface area (Å²) in [6.07, 6.45) is 2.53. The molecule has 10 heavy (non-hydrogen) atoms. The summed E-state index contributed by atoms with van der Waals surface area (Å²) in [7, 11) is 0. The van der Waals surface area contributed by atoms with E-state index in [1.165, 1.54) is 0 Å². The van der Waals surface area contributed by atoms with E-state index in [0.717, 1.165) is 19.1 Å². The van der Waals surface area contributed by atoms with Gasteiger partial charge >= 0.3 is 0 Å². The van der Waals surface area contributed by atoms with Crippen LogP contribution in [0.4, 0.5) is 0 Å². The standard InChI is InChI=1S/C7H11ClO2/c8-5-7(6-9)1-3-10-4-2-7/h6H,1-5H2. The number of alkyl halides is 1. The molecule has 0 aliphatic carbocycles. The Bertz CT molecular complexity index is 119. The molecule has 0 N–H and O–H groups in total. The Morgan fingerprint density at radius 3 is 2.40 bits per heavy atom.